The van der Waals surface area contributed by atoms with E-state index in [1.54, 1.807) is 12.1 Å². The molecule has 0 radical (unpaired) electrons. The number of rotatable bonds is 5. The van der Waals surface area contributed by atoms with E-state index in [1.807, 2.05) is 27.7 Å². The van der Waals surface area contributed by atoms with Crippen molar-refractivity contribution in [2.24, 2.45) is 0 Å². The van der Waals surface area contributed by atoms with E-state index in [0.717, 1.165) is 32.7 Å². The van der Waals surface area contributed by atoms with Gasteiger partial charge in [0.15, 0.2) is 0 Å². The van der Waals surface area contributed by atoms with Crippen LogP contribution in [0.5, 0.6) is 5.75 Å². The predicted molar refractivity (Wildman–Crippen MR) is 102 cm³/mol. The third-order valence-corrected chi connectivity index (χ3v) is 5.75. The van der Waals surface area contributed by atoms with Gasteiger partial charge in [-0.05, 0) is 40.8 Å². The summed E-state index contributed by atoms with van der Waals surface area (Å²) in [6.07, 6.45) is 0. The van der Waals surface area contributed by atoms with Crippen molar-refractivity contribution >= 4 is 12.6 Å². The molecular weight excluding hydrogens is 334 g/mol. The average molecular weight is 364 g/mol. The van der Waals surface area contributed by atoms with Crippen LogP contribution in [-0.4, -0.2) is 74.5 Å². The number of piperazine rings is 1. The SMILES string of the molecule is CN1CCN(CCOc2ccc(B3OC(C)(C)C(C)(C)O3)c(F)c2)CC1. The number of ether oxygens (including phenoxy) is 1. The van der Waals surface area contributed by atoms with Gasteiger partial charge in [0.25, 0.3) is 0 Å². The zero-order valence-corrected chi connectivity index (χ0v) is 16.5. The molecule has 7 heteroatoms. The molecule has 0 bridgehead atoms. The van der Waals surface area contributed by atoms with Gasteiger partial charge in [-0.15, -0.1) is 0 Å². The molecule has 0 spiro atoms. The molecule has 1 aromatic rings. The molecule has 1 aromatic carbocycles. The molecule has 2 saturated heterocycles. The third kappa shape index (κ3) is 4.22. The van der Waals surface area contributed by atoms with Crippen LogP contribution >= 0.6 is 0 Å². The second-order valence-corrected chi connectivity index (χ2v) is 8.26. The van der Waals surface area contributed by atoms with Crippen LogP contribution in [0.25, 0.3) is 0 Å². The molecule has 0 aromatic heterocycles. The van der Waals surface area contributed by atoms with Crippen LogP contribution in [-0.2, 0) is 9.31 Å². The summed E-state index contributed by atoms with van der Waals surface area (Å²) in [7, 11) is 1.44. The topological polar surface area (TPSA) is 34.2 Å². The van der Waals surface area contributed by atoms with Crippen LogP contribution in [0.4, 0.5) is 4.39 Å². The highest BCUT2D eigenvalue weighted by Crippen LogP contribution is 2.36. The van der Waals surface area contributed by atoms with Gasteiger partial charge in [0.05, 0.1) is 11.2 Å². The zero-order chi connectivity index (χ0) is 18.9. The van der Waals surface area contributed by atoms with Crippen molar-refractivity contribution in [1.82, 2.24) is 9.80 Å². The van der Waals surface area contributed by atoms with Crippen molar-refractivity contribution < 1.29 is 18.4 Å². The summed E-state index contributed by atoms with van der Waals surface area (Å²) in [6.45, 7) is 13.5. The van der Waals surface area contributed by atoms with Gasteiger partial charge in [0.2, 0.25) is 0 Å². The van der Waals surface area contributed by atoms with Crippen molar-refractivity contribution in [3.05, 3.63) is 24.0 Å². The van der Waals surface area contributed by atoms with E-state index in [-0.39, 0.29) is 5.82 Å². The number of nitrogens with zero attached hydrogens (tertiary/aromatic N) is 2. The molecule has 144 valence electrons. The van der Waals surface area contributed by atoms with Gasteiger partial charge in [-0.3, -0.25) is 4.90 Å². The maximum atomic E-state index is 14.6. The molecule has 0 aliphatic carbocycles. The molecule has 2 heterocycles. The number of benzene rings is 1. The van der Waals surface area contributed by atoms with Gasteiger partial charge in [-0.1, -0.05) is 6.07 Å². The highest BCUT2D eigenvalue weighted by molar-refractivity contribution is 6.62. The Morgan fingerprint density at radius 2 is 1.69 bits per heavy atom. The van der Waals surface area contributed by atoms with E-state index in [4.69, 9.17) is 14.0 Å². The standard InChI is InChI=1S/C19H30BFN2O3/c1-18(2)19(3,4)26-20(25-18)16-7-6-15(14-17(16)21)24-13-12-23-10-8-22(5)9-11-23/h6-7,14H,8-13H2,1-5H3. The Hall–Kier alpha value is -1.15. The van der Waals surface area contributed by atoms with Crippen LogP contribution in [0, 0.1) is 5.82 Å². The van der Waals surface area contributed by atoms with E-state index in [9.17, 15) is 4.39 Å². The van der Waals surface area contributed by atoms with E-state index >= 15 is 0 Å². The fraction of sp³-hybridized carbons (Fsp3) is 0.684. The first-order chi connectivity index (χ1) is 12.2. The second-order valence-electron chi connectivity index (χ2n) is 8.26. The number of halogens is 1. The van der Waals surface area contributed by atoms with Crippen molar-refractivity contribution in [2.45, 2.75) is 38.9 Å². The summed E-state index contributed by atoms with van der Waals surface area (Å²) >= 11 is 0. The monoisotopic (exact) mass is 364 g/mol. The maximum Gasteiger partial charge on any atom is 0.497 e. The third-order valence-electron chi connectivity index (χ3n) is 5.75. The van der Waals surface area contributed by atoms with Crippen molar-refractivity contribution in [2.75, 3.05) is 46.4 Å². The fourth-order valence-electron chi connectivity index (χ4n) is 3.12. The molecular formula is C19H30BFN2O3. The van der Waals surface area contributed by atoms with E-state index in [1.165, 1.54) is 6.07 Å². The summed E-state index contributed by atoms with van der Waals surface area (Å²) in [5.41, 5.74) is -0.557. The summed E-state index contributed by atoms with van der Waals surface area (Å²) in [5.74, 6) is 0.178. The zero-order valence-electron chi connectivity index (χ0n) is 16.5. The molecule has 26 heavy (non-hydrogen) atoms. The van der Waals surface area contributed by atoms with Gasteiger partial charge in [0.1, 0.15) is 18.2 Å². The second kappa shape index (κ2) is 7.47. The van der Waals surface area contributed by atoms with Crippen LogP contribution < -0.4 is 10.2 Å². The van der Waals surface area contributed by atoms with E-state index < -0.39 is 18.3 Å². The average Bonchev–Trinajstić information content (AvgIpc) is 2.77. The first-order valence-electron chi connectivity index (χ1n) is 9.37. The fourth-order valence-corrected chi connectivity index (χ4v) is 3.12. The van der Waals surface area contributed by atoms with Gasteiger partial charge in [0, 0.05) is 44.3 Å². The van der Waals surface area contributed by atoms with Crippen LogP contribution in [0.3, 0.4) is 0 Å². The molecule has 2 aliphatic rings. The molecule has 0 unspecified atom stereocenters. The van der Waals surface area contributed by atoms with Crippen LogP contribution in [0.2, 0.25) is 0 Å². The molecule has 2 aliphatic heterocycles. The molecule has 0 atom stereocenters. The lowest BCUT2D eigenvalue weighted by molar-refractivity contribution is 0.00578. The highest BCUT2D eigenvalue weighted by atomic mass is 19.1. The minimum absolute atomic E-state index is 0.361. The van der Waals surface area contributed by atoms with Gasteiger partial charge in [-0.2, -0.15) is 0 Å². The largest absolute Gasteiger partial charge is 0.497 e. The van der Waals surface area contributed by atoms with Gasteiger partial charge in [-0.25, -0.2) is 4.39 Å². The molecule has 0 N–H and O–H groups in total. The normalized spacial score (nSPS) is 23.4. The Kier molecular flexibility index (Phi) is 5.63. The van der Waals surface area contributed by atoms with Gasteiger partial charge >= 0.3 is 7.12 Å². The lowest BCUT2D eigenvalue weighted by Crippen LogP contribution is -2.45. The van der Waals surface area contributed by atoms with Crippen molar-refractivity contribution in [3.8, 4) is 5.75 Å². The lowest BCUT2D eigenvalue weighted by Gasteiger charge is -2.32. The molecule has 2 fully saturated rings. The summed E-state index contributed by atoms with van der Waals surface area (Å²) in [6, 6.07) is 4.90. The minimum Gasteiger partial charge on any atom is -0.492 e. The smallest absolute Gasteiger partial charge is 0.492 e. The molecule has 3 rings (SSSR count). The Balaban J connectivity index is 1.55. The summed E-state index contributed by atoms with van der Waals surface area (Å²) in [5, 5.41) is 0. The molecule has 0 saturated carbocycles. The van der Waals surface area contributed by atoms with Crippen molar-refractivity contribution in [3.63, 3.8) is 0 Å². The first kappa shape index (κ1) is 19.6. The first-order valence-corrected chi connectivity index (χ1v) is 9.37. The quantitative estimate of drug-likeness (QED) is 0.744. The van der Waals surface area contributed by atoms with E-state index in [0.29, 0.717) is 17.8 Å². The summed E-state index contributed by atoms with van der Waals surface area (Å²) in [4.78, 5) is 4.69. The summed E-state index contributed by atoms with van der Waals surface area (Å²) < 4.78 is 32.2. The highest BCUT2D eigenvalue weighted by Gasteiger charge is 2.52. The molecule has 5 nitrogen and oxygen atoms in total. The lowest BCUT2D eigenvalue weighted by atomic mass is 9.78. The van der Waals surface area contributed by atoms with Crippen molar-refractivity contribution in [1.29, 1.82) is 0 Å². The molecule has 0 amide bonds. The number of likely N-dealkylation sites (N-methyl/N-ethyl adjacent to an activating group) is 1. The Labute approximate surface area is 156 Å². The van der Waals surface area contributed by atoms with Gasteiger partial charge < -0.3 is 18.9 Å². The van der Waals surface area contributed by atoms with Crippen LogP contribution in [0.1, 0.15) is 27.7 Å². The predicted octanol–water partition coefficient (Wildman–Crippen LogP) is 1.75. The van der Waals surface area contributed by atoms with E-state index in [2.05, 4.69) is 16.8 Å². The maximum absolute atomic E-state index is 14.6. The number of hydrogen-bond acceptors (Lipinski definition) is 5. The number of hydrogen-bond donors (Lipinski definition) is 0. The Morgan fingerprint density at radius 1 is 1.08 bits per heavy atom. The minimum atomic E-state index is -0.695. The Bertz CT molecular complexity index is 617. The van der Waals surface area contributed by atoms with Crippen LogP contribution in [0.15, 0.2) is 18.2 Å². The Morgan fingerprint density at radius 3 is 2.27 bits per heavy atom.